The van der Waals surface area contributed by atoms with E-state index in [-0.39, 0.29) is 17.5 Å². The fourth-order valence-electron chi connectivity index (χ4n) is 1.69. The highest BCUT2D eigenvalue weighted by atomic mass is 16.6. The molecule has 0 spiro atoms. The summed E-state index contributed by atoms with van der Waals surface area (Å²) in [6, 6.07) is 0. The second-order valence-electron chi connectivity index (χ2n) is 6.09. The van der Waals surface area contributed by atoms with Gasteiger partial charge in [0.05, 0.1) is 26.0 Å². The van der Waals surface area contributed by atoms with Gasteiger partial charge in [-0.3, -0.25) is 4.68 Å². The van der Waals surface area contributed by atoms with Crippen LogP contribution in [-0.4, -0.2) is 48.8 Å². The molecular weight excluding hydrogens is 272 g/mol. The van der Waals surface area contributed by atoms with Gasteiger partial charge in [-0.2, -0.15) is 5.10 Å². The Morgan fingerprint density at radius 3 is 2.52 bits per heavy atom. The number of methoxy groups -OCH3 is 1. The molecule has 0 amide bonds. The van der Waals surface area contributed by atoms with E-state index in [0.717, 1.165) is 5.69 Å². The molecule has 0 fully saturated rings. The highest BCUT2D eigenvalue weighted by molar-refractivity contribution is 5.90. The van der Waals surface area contributed by atoms with Crippen molar-refractivity contribution in [2.45, 2.75) is 33.8 Å². The van der Waals surface area contributed by atoms with E-state index in [1.54, 1.807) is 18.8 Å². The summed E-state index contributed by atoms with van der Waals surface area (Å²) in [7, 11) is 3.41. The third kappa shape index (κ3) is 5.13. The number of carbonyl (C=O) groups is 1. The van der Waals surface area contributed by atoms with Crippen LogP contribution < -0.4 is 0 Å². The van der Waals surface area contributed by atoms with Crippen molar-refractivity contribution in [3.8, 4) is 0 Å². The largest absolute Gasteiger partial charge is 0.456 e. The number of ether oxygens (including phenoxy) is 3. The highest BCUT2D eigenvalue weighted by Crippen LogP contribution is 2.24. The van der Waals surface area contributed by atoms with Crippen molar-refractivity contribution in [1.82, 2.24) is 9.78 Å². The maximum atomic E-state index is 12.3. The Kier molecular flexibility index (Phi) is 6.36. The lowest BCUT2D eigenvalue weighted by atomic mass is 9.89. The number of nitrogens with zero attached hydrogens (tertiary/aromatic N) is 2. The Balaban J connectivity index is 2.68. The Bertz CT molecular complexity index is 463. The highest BCUT2D eigenvalue weighted by Gasteiger charge is 2.30. The van der Waals surface area contributed by atoms with Gasteiger partial charge < -0.3 is 14.2 Å². The lowest BCUT2D eigenvalue weighted by molar-refractivity contribution is -0.0511. The molecule has 0 aliphatic carbocycles. The Labute approximate surface area is 126 Å². The zero-order valence-corrected chi connectivity index (χ0v) is 13.8. The summed E-state index contributed by atoms with van der Waals surface area (Å²) < 4.78 is 17.7. The number of esters is 1. The van der Waals surface area contributed by atoms with Crippen molar-refractivity contribution in [3.05, 3.63) is 17.5 Å². The summed E-state index contributed by atoms with van der Waals surface area (Å²) in [6.45, 7) is 9.23. The van der Waals surface area contributed by atoms with E-state index in [9.17, 15) is 4.79 Å². The van der Waals surface area contributed by atoms with Crippen LogP contribution in [-0.2, 0) is 21.3 Å². The second-order valence-corrected chi connectivity index (χ2v) is 6.09. The van der Waals surface area contributed by atoms with Crippen LogP contribution in [0.25, 0.3) is 0 Å². The predicted molar refractivity (Wildman–Crippen MR) is 79.3 cm³/mol. The van der Waals surface area contributed by atoms with Crippen molar-refractivity contribution in [2.24, 2.45) is 12.5 Å². The van der Waals surface area contributed by atoms with Crippen LogP contribution in [0, 0.1) is 12.3 Å². The minimum absolute atomic E-state index is 0.209. The topological polar surface area (TPSA) is 62.6 Å². The maximum absolute atomic E-state index is 12.3. The van der Waals surface area contributed by atoms with E-state index in [4.69, 9.17) is 14.2 Å². The van der Waals surface area contributed by atoms with Gasteiger partial charge in [0.25, 0.3) is 0 Å². The van der Waals surface area contributed by atoms with Gasteiger partial charge in [0.2, 0.25) is 0 Å². The molecule has 1 rings (SSSR count). The summed E-state index contributed by atoms with van der Waals surface area (Å²) >= 11 is 0. The van der Waals surface area contributed by atoms with Crippen molar-refractivity contribution in [2.75, 3.05) is 26.9 Å². The molecule has 21 heavy (non-hydrogen) atoms. The normalized spacial score (nSPS) is 13.2. The van der Waals surface area contributed by atoms with Gasteiger partial charge in [-0.05, 0) is 6.92 Å². The van der Waals surface area contributed by atoms with Crippen LogP contribution >= 0.6 is 0 Å². The molecule has 1 aromatic heterocycles. The third-order valence-corrected chi connectivity index (χ3v) is 3.37. The molecule has 0 aromatic carbocycles. The lowest BCUT2D eigenvalue weighted by Crippen LogP contribution is -2.36. The molecule has 120 valence electrons. The van der Waals surface area contributed by atoms with Gasteiger partial charge in [0.15, 0.2) is 0 Å². The minimum atomic E-state index is -0.365. The Morgan fingerprint density at radius 1 is 1.38 bits per heavy atom. The molecule has 0 bridgehead atoms. The van der Waals surface area contributed by atoms with Crippen molar-refractivity contribution in [3.63, 3.8) is 0 Å². The number of aromatic nitrogens is 2. The molecule has 0 N–H and O–H groups in total. The fraction of sp³-hybridized carbons (Fsp3) is 0.733. The quantitative estimate of drug-likeness (QED) is 0.569. The summed E-state index contributed by atoms with van der Waals surface area (Å²) in [5.41, 5.74) is 1.07. The number of hydrogen-bond donors (Lipinski definition) is 0. The van der Waals surface area contributed by atoms with Crippen molar-refractivity contribution >= 4 is 5.97 Å². The SMILES string of the molecule is COCCOC[C@@H](OC(=O)c1cnn(C)c1C)C(C)(C)C. The molecule has 1 atom stereocenters. The Hall–Kier alpha value is -1.40. The second kappa shape index (κ2) is 7.56. The number of hydrogen-bond acceptors (Lipinski definition) is 5. The summed E-state index contributed by atoms with van der Waals surface area (Å²) in [5.74, 6) is -0.365. The van der Waals surface area contributed by atoms with Gasteiger partial charge in [-0.15, -0.1) is 0 Å². The van der Waals surface area contributed by atoms with Gasteiger partial charge >= 0.3 is 5.97 Å². The van der Waals surface area contributed by atoms with Crippen molar-refractivity contribution in [1.29, 1.82) is 0 Å². The Morgan fingerprint density at radius 2 is 2.05 bits per heavy atom. The molecule has 0 saturated carbocycles. The molecule has 6 heteroatoms. The van der Waals surface area contributed by atoms with E-state index in [1.807, 2.05) is 27.7 Å². The van der Waals surface area contributed by atoms with Gasteiger partial charge in [-0.1, -0.05) is 20.8 Å². The van der Waals surface area contributed by atoms with E-state index in [1.165, 1.54) is 6.20 Å². The fourth-order valence-corrected chi connectivity index (χ4v) is 1.69. The van der Waals surface area contributed by atoms with Gasteiger partial charge in [0.1, 0.15) is 11.7 Å². The molecule has 1 aromatic rings. The first-order chi connectivity index (χ1) is 9.77. The van der Waals surface area contributed by atoms with Crippen LogP contribution in [0.5, 0.6) is 0 Å². The third-order valence-electron chi connectivity index (χ3n) is 3.37. The molecule has 0 unspecified atom stereocenters. The molecule has 1 heterocycles. The van der Waals surface area contributed by atoms with Crippen LogP contribution in [0.3, 0.4) is 0 Å². The summed E-state index contributed by atoms with van der Waals surface area (Å²) in [6.07, 6.45) is 1.20. The maximum Gasteiger partial charge on any atom is 0.341 e. The minimum Gasteiger partial charge on any atom is -0.456 e. The van der Waals surface area contributed by atoms with Crippen molar-refractivity contribution < 1.29 is 19.0 Å². The lowest BCUT2D eigenvalue weighted by Gasteiger charge is -2.30. The van der Waals surface area contributed by atoms with Crippen LogP contribution in [0.1, 0.15) is 36.8 Å². The summed E-state index contributed by atoms with van der Waals surface area (Å²) in [4.78, 5) is 12.3. The van der Waals surface area contributed by atoms with E-state index in [2.05, 4.69) is 5.10 Å². The molecule has 0 aliphatic heterocycles. The first-order valence-corrected chi connectivity index (χ1v) is 7.03. The predicted octanol–water partition coefficient (Wildman–Crippen LogP) is 1.96. The van der Waals surface area contributed by atoms with E-state index >= 15 is 0 Å². The monoisotopic (exact) mass is 298 g/mol. The zero-order chi connectivity index (χ0) is 16.0. The van der Waals surface area contributed by atoms with Crippen LogP contribution in [0.4, 0.5) is 0 Å². The molecule has 0 radical (unpaired) electrons. The van der Waals surface area contributed by atoms with Crippen LogP contribution in [0.15, 0.2) is 6.20 Å². The number of rotatable bonds is 7. The van der Waals surface area contributed by atoms with Gasteiger partial charge in [0, 0.05) is 25.3 Å². The van der Waals surface area contributed by atoms with Gasteiger partial charge in [-0.25, -0.2) is 4.79 Å². The first kappa shape index (κ1) is 17.7. The molecule has 0 saturated heterocycles. The van der Waals surface area contributed by atoms with Crippen LogP contribution in [0.2, 0.25) is 0 Å². The average molecular weight is 298 g/mol. The molecule has 0 aliphatic rings. The molecule has 6 nitrogen and oxygen atoms in total. The molecular formula is C15H26N2O4. The summed E-state index contributed by atoms with van der Waals surface area (Å²) in [5, 5.41) is 4.06. The smallest absolute Gasteiger partial charge is 0.341 e. The van der Waals surface area contributed by atoms with E-state index < -0.39 is 0 Å². The van der Waals surface area contributed by atoms with E-state index in [0.29, 0.717) is 25.4 Å². The first-order valence-electron chi connectivity index (χ1n) is 7.03. The standard InChI is InChI=1S/C15H26N2O4/c1-11-12(9-16-17(11)5)14(18)21-13(15(2,3)4)10-20-8-7-19-6/h9,13H,7-8,10H2,1-6H3/t13-/m1/s1. The zero-order valence-electron chi connectivity index (χ0n) is 13.8. The number of aryl methyl sites for hydroxylation is 1. The number of carbonyl (C=O) groups excluding carboxylic acids is 1. The average Bonchev–Trinajstić information content (AvgIpc) is 2.72.